The number of nitrogens with one attached hydrogen (secondary N) is 1. The normalized spacial score (nSPS) is 16.8. The minimum absolute atomic E-state index is 0.00926. The second-order valence-electron chi connectivity index (χ2n) is 5.89. The van der Waals surface area contributed by atoms with E-state index in [1.807, 2.05) is 20.8 Å². The van der Waals surface area contributed by atoms with Gasteiger partial charge in [-0.2, -0.15) is 0 Å². The van der Waals surface area contributed by atoms with E-state index >= 15 is 0 Å². The van der Waals surface area contributed by atoms with Crippen LogP contribution in [0.1, 0.15) is 39.7 Å². The van der Waals surface area contributed by atoms with Crippen molar-refractivity contribution < 1.29 is 14.0 Å². The van der Waals surface area contributed by atoms with Gasteiger partial charge < -0.3 is 9.66 Å². The van der Waals surface area contributed by atoms with Crippen LogP contribution in [0.15, 0.2) is 18.2 Å². The van der Waals surface area contributed by atoms with Crippen molar-refractivity contribution in [2.45, 2.75) is 44.4 Å². The van der Waals surface area contributed by atoms with E-state index in [0.717, 1.165) is 0 Å². The molecule has 114 valence electrons. The van der Waals surface area contributed by atoms with E-state index in [2.05, 4.69) is 4.72 Å². The number of halogens is 2. The van der Waals surface area contributed by atoms with Crippen LogP contribution < -0.4 is 4.72 Å². The van der Waals surface area contributed by atoms with E-state index in [9.17, 15) is 14.0 Å². The van der Waals surface area contributed by atoms with E-state index in [1.165, 1.54) is 6.07 Å². The molecule has 6 heteroatoms. The fourth-order valence-corrected chi connectivity index (χ4v) is 2.85. The fourth-order valence-electron chi connectivity index (χ4n) is 1.75. The highest BCUT2D eigenvalue weighted by Crippen LogP contribution is 2.32. The van der Waals surface area contributed by atoms with Gasteiger partial charge in [-0.05, 0) is 40.2 Å². The SMILES string of the molecule is CC(CCO)(N[S@+]([O-])C(C)(C)C)c1cccc(Cl)c1F. The van der Waals surface area contributed by atoms with Crippen LogP contribution in [0, 0.1) is 5.82 Å². The predicted octanol–water partition coefficient (Wildman–Crippen LogP) is 3.13. The molecule has 1 unspecified atom stereocenters. The maximum absolute atomic E-state index is 14.2. The second kappa shape index (κ2) is 6.62. The second-order valence-corrected chi connectivity index (χ2v) is 8.26. The lowest BCUT2D eigenvalue weighted by atomic mass is 9.89. The van der Waals surface area contributed by atoms with Crippen molar-refractivity contribution in [2.75, 3.05) is 6.61 Å². The van der Waals surface area contributed by atoms with Crippen LogP contribution in [0.4, 0.5) is 4.39 Å². The molecule has 3 nitrogen and oxygen atoms in total. The van der Waals surface area contributed by atoms with Crippen molar-refractivity contribution >= 4 is 23.0 Å². The number of aliphatic hydroxyl groups excluding tert-OH is 1. The van der Waals surface area contributed by atoms with E-state index in [0.29, 0.717) is 5.56 Å². The smallest absolute Gasteiger partial charge is 0.146 e. The third-order valence-corrected chi connectivity index (χ3v) is 5.07. The molecule has 0 aliphatic rings. The van der Waals surface area contributed by atoms with Crippen LogP contribution >= 0.6 is 11.6 Å². The van der Waals surface area contributed by atoms with Crippen molar-refractivity contribution in [3.05, 3.63) is 34.6 Å². The Morgan fingerprint density at radius 1 is 1.35 bits per heavy atom. The zero-order valence-corrected chi connectivity index (χ0v) is 13.7. The van der Waals surface area contributed by atoms with Crippen LogP contribution in [0.2, 0.25) is 5.02 Å². The monoisotopic (exact) mass is 321 g/mol. The minimum Gasteiger partial charge on any atom is -0.598 e. The quantitative estimate of drug-likeness (QED) is 0.819. The molecule has 0 bridgehead atoms. The van der Waals surface area contributed by atoms with E-state index < -0.39 is 27.5 Å². The summed E-state index contributed by atoms with van der Waals surface area (Å²) in [7, 11) is 0. The maximum Gasteiger partial charge on any atom is 0.146 e. The first-order valence-corrected chi connectivity index (χ1v) is 7.89. The number of rotatable bonds is 5. The average molecular weight is 322 g/mol. The first kappa shape index (κ1) is 17.7. The van der Waals surface area contributed by atoms with Gasteiger partial charge >= 0.3 is 0 Å². The summed E-state index contributed by atoms with van der Waals surface area (Å²) in [4.78, 5) is 0. The van der Waals surface area contributed by atoms with Gasteiger partial charge in [-0.25, -0.2) is 4.39 Å². The van der Waals surface area contributed by atoms with Gasteiger partial charge in [-0.1, -0.05) is 23.7 Å². The molecule has 0 amide bonds. The Balaban J connectivity index is 3.18. The lowest BCUT2D eigenvalue weighted by Crippen LogP contribution is -2.50. The van der Waals surface area contributed by atoms with Gasteiger partial charge in [0.25, 0.3) is 0 Å². The van der Waals surface area contributed by atoms with E-state index in [1.54, 1.807) is 19.1 Å². The summed E-state index contributed by atoms with van der Waals surface area (Å²) in [5.41, 5.74) is -0.654. The summed E-state index contributed by atoms with van der Waals surface area (Å²) in [5.74, 6) is -0.552. The highest BCUT2D eigenvalue weighted by molar-refractivity contribution is 7.90. The molecular formula is C14H21ClFNO2S. The Bertz CT molecular complexity index is 467. The highest BCUT2D eigenvalue weighted by atomic mass is 35.5. The molecule has 0 spiro atoms. The molecule has 0 radical (unpaired) electrons. The number of hydrogen-bond acceptors (Lipinski definition) is 3. The standard InChI is InChI=1S/C14H21ClFNO2S/c1-13(2,3)20(19)17-14(4,8-9-18)10-6-5-7-11(15)12(10)16/h5-7,17-18H,8-9H2,1-4H3/t14?,20-/m1/s1. The summed E-state index contributed by atoms with van der Waals surface area (Å²) in [6.07, 6.45) is 0.228. The molecule has 0 fully saturated rings. The molecule has 2 atom stereocenters. The molecule has 0 saturated carbocycles. The lowest BCUT2D eigenvalue weighted by Gasteiger charge is -2.35. The summed E-state index contributed by atoms with van der Waals surface area (Å²) in [6, 6.07) is 4.68. The zero-order valence-electron chi connectivity index (χ0n) is 12.2. The van der Waals surface area contributed by atoms with Crippen LogP contribution in [-0.4, -0.2) is 21.0 Å². The zero-order chi connectivity index (χ0) is 15.6. The molecule has 0 heterocycles. The Labute approximate surface area is 127 Å². The summed E-state index contributed by atoms with van der Waals surface area (Å²) in [5, 5.41) is 9.25. The third kappa shape index (κ3) is 4.09. The Kier molecular flexibility index (Phi) is 5.87. The van der Waals surface area contributed by atoms with Gasteiger partial charge in [0.15, 0.2) is 0 Å². The minimum atomic E-state index is -1.39. The number of aliphatic hydroxyl groups is 1. The van der Waals surface area contributed by atoms with Gasteiger partial charge in [0.05, 0.1) is 10.6 Å². The summed E-state index contributed by atoms with van der Waals surface area (Å²) >= 11 is 4.41. The largest absolute Gasteiger partial charge is 0.598 e. The van der Waals surface area contributed by atoms with E-state index in [4.69, 9.17) is 11.6 Å². The van der Waals surface area contributed by atoms with Gasteiger partial charge in [-0.15, -0.1) is 4.72 Å². The van der Waals surface area contributed by atoms with Crippen LogP contribution in [0.3, 0.4) is 0 Å². The highest BCUT2D eigenvalue weighted by Gasteiger charge is 2.38. The first-order chi connectivity index (χ1) is 9.12. The molecule has 20 heavy (non-hydrogen) atoms. The lowest BCUT2D eigenvalue weighted by molar-refractivity contribution is 0.234. The molecule has 2 N–H and O–H groups in total. The van der Waals surface area contributed by atoms with Crippen molar-refractivity contribution in [2.24, 2.45) is 0 Å². The van der Waals surface area contributed by atoms with Crippen LogP contribution in [-0.2, 0) is 16.9 Å². The molecule has 1 aromatic carbocycles. The van der Waals surface area contributed by atoms with Gasteiger partial charge in [0, 0.05) is 23.5 Å². The Morgan fingerprint density at radius 3 is 2.45 bits per heavy atom. The molecule has 0 aliphatic heterocycles. The Hall–Kier alpha value is -0.330. The molecule has 1 rings (SSSR count). The van der Waals surface area contributed by atoms with E-state index in [-0.39, 0.29) is 18.1 Å². The van der Waals surface area contributed by atoms with Gasteiger partial charge in [-0.3, -0.25) is 0 Å². The first-order valence-electron chi connectivity index (χ1n) is 6.37. The number of hydrogen-bond donors (Lipinski definition) is 2. The predicted molar refractivity (Wildman–Crippen MR) is 81.5 cm³/mol. The topological polar surface area (TPSA) is 55.3 Å². The molecule has 0 saturated heterocycles. The average Bonchev–Trinajstić information content (AvgIpc) is 2.31. The number of benzene rings is 1. The van der Waals surface area contributed by atoms with Crippen molar-refractivity contribution in [3.8, 4) is 0 Å². The maximum atomic E-state index is 14.2. The summed E-state index contributed by atoms with van der Waals surface area (Å²) in [6.45, 7) is 7.02. The molecule has 0 aliphatic carbocycles. The Morgan fingerprint density at radius 2 is 1.95 bits per heavy atom. The van der Waals surface area contributed by atoms with Crippen molar-refractivity contribution in [1.29, 1.82) is 0 Å². The fraction of sp³-hybridized carbons (Fsp3) is 0.571. The van der Waals surface area contributed by atoms with Crippen molar-refractivity contribution in [1.82, 2.24) is 4.72 Å². The van der Waals surface area contributed by atoms with Crippen molar-refractivity contribution in [3.63, 3.8) is 0 Å². The molecule has 1 aromatic rings. The van der Waals surface area contributed by atoms with Crippen LogP contribution in [0.5, 0.6) is 0 Å². The third-order valence-electron chi connectivity index (χ3n) is 3.03. The molecular weight excluding hydrogens is 301 g/mol. The van der Waals surface area contributed by atoms with Gasteiger partial charge in [0.1, 0.15) is 10.6 Å². The molecule has 0 aromatic heterocycles. The van der Waals surface area contributed by atoms with Crippen LogP contribution in [0.25, 0.3) is 0 Å². The van der Waals surface area contributed by atoms with Gasteiger partial charge in [0.2, 0.25) is 0 Å². The summed E-state index contributed by atoms with van der Waals surface area (Å²) < 4.78 is 28.9.